The highest BCUT2D eigenvalue weighted by molar-refractivity contribution is 5.98. The summed E-state index contributed by atoms with van der Waals surface area (Å²) in [7, 11) is 0. The summed E-state index contributed by atoms with van der Waals surface area (Å²) in [5.41, 5.74) is 3.00. The van der Waals surface area contributed by atoms with E-state index < -0.39 is 0 Å². The van der Waals surface area contributed by atoms with Crippen LogP contribution >= 0.6 is 0 Å². The maximum absolute atomic E-state index is 5.47. The van der Waals surface area contributed by atoms with Crippen LogP contribution in [0.2, 0.25) is 0 Å². The van der Waals surface area contributed by atoms with Crippen molar-refractivity contribution < 1.29 is 4.42 Å². The molecule has 61 valence electrons. The number of nitrogens with zero attached hydrogens (tertiary/aromatic N) is 2. The number of pyridine rings is 2. The Morgan fingerprint density at radius 3 is 3.08 bits per heavy atom. The van der Waals surface area contributed by atoms with Crippen LogP contribution in [0.25, 0.3) is 22.2 Å². The molecule has 0 saturated carbocycles. The zero-order valence-electron chi connectivity index (χ0n) is 6.69. The molecule has 0 amide bonds. The van der Waals surface area contributed by atoms with Crippen LogP contribution in [0.1, 0.15) is 0 Å². The zero-order chi connectivity index (χ0) is 8.67. The first kappa shape index (κ1) is 6.60. The predicted octanol–water partition coefficient (Wildman–Crippen LogP) is 2.18. The van der Waals surface area contributed by atoms with Gasteiger partial charge in [0.05, 0.1) is 0 Å². The molecule has 3 nitrogen and oxygen atoms in total. The van der Waals surface area contributed by atoms with E-state index in [0.29, 0.717) is 5.58 Å². The van der Waals surface area contributed by atoms with E-state index in [2.05, 4.69) is 16.0 Å². The average molecular weight is 169 g/mol. The van der Waals surface area contributed by atoms with Gasteiger partial charge in [-0.3, -0.25) is 9.97 Å². The Balaban J connectivity index is 2.64. The molecule has 0 spiro atoms. The van der Waals surface area contributed by atoms with Crippen molar-refractivity contribution >= 4 is 22.2 Å². The highest BCUT2D eigenvalue weighted by atomic mass is 16.3. The van der Waals surface area contributed by atoms with Crippen molar-refractivity contribution in [3.8, 4) is 0 Å². The molecule has 13 heavy (non-hydrogen) atoms. The first-order chi connectivity index (χ1) is 6.45. The highest BCUT2D eigenvalue weighted by Gasteiger charge is 2.06. The van der Waals surface area contributed by atoms with E-state index in [0.717, 1.165) is 16.6 Å². The third-order valence-corrected chi connectivity index (χ3v) is 1.91. The second-order valence-electron chi connectivity index (χ2n) is 2.72. The number of fused-ring (bicyclic) bond motifs is 3. The van der Waals surface area contributed by atoms with E-state index in [9.17, 15) is 0 Å². The largest absolute Gasteiger partial charge is 0.452 e. The second-order valence-corrected chi connectivity index (χ2v) is 2.72. The van der Waals surface area contributed by atoms with Gasteiger partial charge in [-0.15, -0.1) is 0 Å². The molecule has 0 aliphatic rings. The minimum absolute atomic E-state index is 0.663. The van der Waals surface area contributed by atoms with Gasteiger partial charge in [-0.25, -0.2) is 0 Å². The van der Waals surface area contributed by atoms with Gasteiger partial charge in [0.25, 0.3) is 0 Å². The molecular formula is C10H5N2O. The first-order valence-corrected chi connectivity index (χ1v) is 3.95. The lowest BCUT2D eigenvalue weighted by molar-refractivity contribution is 0.666. The standard InChI is InChI=1S/C10H5N2O/c1-3-7-9(11-5-1)10-8(13-7)4-2-6-12-10/h1-3,5-6H. The van der Waals surface area contributed by atoms with E-state index >= 15 is 0 Å². The zero-order valence-corrected chi connectivity index (χ0v) is 6.69. The molecule has 0 aliphatic heterocycles. The normalized spacial score (nSPS) is 11.1. The van der Waals surface area contributed by atoms with E-state index in [-0.39, 0.29) is 0 Å². The summed E-state index contributed by atoms with van der Waals surface area (Å²) in [6, 6.07) is 8.41. The molecule has 0 N–H and O–H groups in total. The number of aromatic nitrogens is 2. The van der Waals surface area contributed by atoms with Gasteiger partial charge in [0, 0.05) is 18.5 Å². The smallest absolute Gasteiger partial charge is 0.163 e. The number of hydrogen-bond donors (Lipinski definition) is 0. The van der Waals surface area contributed by atoms with Crippen molar-refractivity contribution in [3.05, 3.63) is 36.7 Å². The lowest BCUT2D eigenvalue weighted by atomic mass is 10.3. The van der Waals surface area contributed by atoms with E-state index in [1.807, 2.05) is 12.1 Å². The van der Waals surface area contributed by atoms with Crippen molar-refractivity contribution in [1.82, 2.24) is 9.97 Å². The predicted molar refractivity (Wildman–Crippen MR) is 48.1 cm³/mol. The van der Waals surface area contributed by atoms with Gasteiger partial charge in [-0.1, -0.05) is 0 Å². The van der Waals surface area contributed by atoms with E-state index in [1.165, 1.54) is 0 Å². The SMILES string of the molecule is [c]1ccnc2c1oc1cccnc12. The molecule has 0 saturated heterocycles. The minimum Gasteiger partial charge on any atom is -0.452 e. The third kappa shape index (κ3) is 0.839. The van der Waals surface area contributed by atoms with Gasteiger partial charge in [0.2, 0.25) is 0 Å². The van der Waals surface area contributed by atoms with Crippen molar-refractivity contribution in [2.75, 3.05) is 0 Å². The van der Waals surface area contributed by atoms with Crippen LogP contribution in [0, 0.1) is 6.07 Å². The molecule has 0 fully saturated rings. The molecule has 3 aromatic heterocycles. The second kappa shape index (κ2) is 2.29. The van der Waals surface area contributed by atoms with Gasteiger partial charge >= 0.3 is 0 Å². The third-order valence-electron chi connectivity index (χ3n) is 1.91. The van der Waals surface area contributed by atoms with Gasteiger partial charge in [-0.2, -0.15) is 0 Å². The molecule has 3 rings (SSSR count). The minimum atomic E-state index is 0.663. The van der Waals surface area contributed by atoms with E-state index in [4.69, 9.17) is 4.42 Å². The fourth-order valence-electron chi connectivity index (χ4n) is 1.36. The summed E-state index contributed by atoms with van der Waals surface area (Å²) in [5, 5.41) is 0. The molecule has 3 heteroatoms. The van der Waals surface area contributed by atoms with Gasteiger partial charge < -0.3 is 4.42 Å². The van der Waals surface area contributed by atoms with Crippen LogP contribution < -0.4 is 0 Å². The summed E-state index contributed by atoms with van der Waals surface area (Å²) >= 11 is 0. The number of hydrogen-bond acceptors (Lipinski definition) is 3. The summed E-state index contributed by atoms with van der Waals surface area (Å²) in [5.74, 6) is 0. The number of rotatable bonds is 0. The summed E-state index contributed by atoms with van der Waals surface area (Å²) < 4.78 is 5.47. The van der Waals surface area contributed by atoms with Gasteiger partial charge in [0.15, 0.2) is 11.2 Å². The Hall–Kier alpha value is -1.90. The van der Waals surface area contributed by atoms with E-state index in [1.54, 1.807) is 18.5 Å². The first-order valence-electron chi connectivity index (χ1n) is 3.95. The molecule has 1 radical (unpaired) electrons. The van der Waals surface area contributed by atoms with Gasteiger partial charge in [0.1, 0.15) is 11.0 Å². The Labute approximate surface area is 74.0 Å². The Kier molecular flexibility index (Phi) is 1.16. The molecule has 0 aromatic carbocycles. The van der Waals surface area contributed by atoms with Crippen LogP contribution in [-0.2, 0) is 0 Å². The van der Waals surface area contributed by atoms with Crippen LogP contribution in [0.4, 0.5) is 0 Å². The Morgan fingerprint density at radius 1 is 1.15 bits per heavy atom. The monoisotopic (exact) mass is 169 g/mol. The fraction of sp³-hybridized carbons (Fsp3) is 0. The number of furan rings is 1. The fourth-order valence-corrected chi connectivity index (χ4v) is 1.36. The summed E-state index contributed by atoms with van der Waals surface area (Å²) in [4.78, 5) is 8.37. The summed E-state index contributed by atoms with van der Waals surface area (Å²) in [6.45, 7) is 0. The maximum atomic E-state index is 5.47. The Morgan fingerprint density at radius 2 is 2.08 bits per heavy atom. The lowest BCUT2D eigenvalue weighted by Crippen LogP contribution is -1.74. The molecule has 0 aliphatic carbocycles. The molecule has 0 bridgehead atoms. The van der Waals surface area contributed by atoms with Gasteiger partial charge in [-0.05, 0) is 18.2 Å². The van der Waals surface area contributed by atoms with Crippen molar-refractivity contribution in [3.63, 3.8) is 0 Å². The molecule has 0 atom stereocenters. The molecule has 0 unspecified atom stereocenters. The average Bonchev–Trinajstić information content (AvgIpc) is 2.56. The van der Waals surface area contributed by atoms with Crippen LogP contribution in [0.15, 0.2) is 35.0 Å². The van der Waals surface area contributed by atoms with Crippen LogP contribution in [-0.4, -0.2) is 9.97 Å². The van der Waals surface area contributed by atoms with Crippen molar-refractivity contribution in [1.29, 1.82) is 0 Å². The quantitative estimate of drug-likeness (QED) is 0.517. The lowest BCUT2D eigenvalue weighted by Gasteiger charge is -1.83. The van der Waals surface area contributed by atoms with Crippen molar-refractivity contribution in [2.24, 2.45) is 0 Å². The van der Waals surface area contributed by atoms with Crippen LogP contribution in [0.5, 0.6) is 0 Å². The molecule has 3 heterocycles. The maximum Gasteiger partial charge on any atom is 0.163 e. The topological polar surface area (TPSA) is 38.9 Å². The molecular weight excluding hydrogens is 164 g/mol. The van der Waals surface area contributed by atoms with Crippen LogP contribution in [0.3, 0.4) is 0 Å². The van der Waals surface area contributed by atoms with Crippen molar-refractivity contribution in [2.45, 2.75) is 0 Å². The highest BCUT2D eigenvalue weighted by Crippen LogP contribution is 2.23. The summed E-state index contributed by atoms with van der Waals surface area (Å²) in [6.07, 6.45) is 3.41. The molecule has 3 aromatic rings. The Bertz CT molecular complexity index is 521.